The fourth-order valence-corrected chi connectivity index (χ4v) is 5.92. The van der Waals surface area contributed by atoms with Crippen LogP contribution in [0.4, 0.5) is 0 Å². The van der Waals surface area contributed by atoms with E-state index in [1.54, 1.807) is 16.7 Å². The Labute approximate surface area is 296 Å². The SMILES string of the molecule is CC(=O)CN1CCN(CC(=O)O)CCN(CC(=O)C(C)(C)C)CC1.CC(C)(C)CC1CN(CC(=O)O)CCN(CC(=O)O)CCN1CC(=O)O. The molecule has 2 aliphatic rings. The molecule has 0 saturated carbocycles. The first-order chi connectivity index (χ1) is 23.0. The summed E-state index contributed by atoms with van der Waals surface area (Å²) in [6.45, 7) is 19.9. The van der Waals surface area contributed by atoms with Gasteiger partial charge in [0.2, 0.25) is 0 Å². The number of rotatable bonds is 13. The summed E-state index contributed by atoms with van der Waals surface area (Å²) in [6.07, 6.45) is 0.718. The summed E-state index contributed by atoms with van der Waals surface area (Å²) >= 11 is 0. The molecule has 2 fully saturated rings. The van der Waals surface area contributed by atoms with Crippen LogP contribution in [-0.2, 0) is 28.8 Å². The first-order valence-electron chi connectivity index (χ1n) is 17.3. The van der Waals surface area contributed by atoms with Gasteiger partial charge in [-0.2, -0.15) is 0 Å². The molecule has 0 aromatic rings. The highest BCUT2D eigenvalue weighted by Gasteiger charge is 2.31. The summed E-state index contributed by atoms with van der Waals surface area (Å²) in [6, 6.07) is -0.116. The number of carboxylic acid groups (broad SMARTS) is 4. The minimum atomic E-state index is -0.954. The lowest BCUT2D eigenvalue weighted by Crippen LogP contribution is -2.49. The van der Waals surface area contributed by atoms with E-state index in [9.17, 15) is 39.0 Å². The van der Waals surface area contributed by atoms with Crippen molar-refractivity contribution in [2.45, 2.75) is 60.9 Å². The monoisotopic (exact) mass is 714 g/mol. The van der Waals surface area contributed by atoms with Crippen molar-refractivity contribution in [3.63, 3.8) is 0 Å². The van der Waals surface area contributed by atoms with Gasteiger partial charge in [-0.25, -0.2) is 0 Å². The van der Waals surface area contributed by atoms with Crippen molar-refractivity contribution in [3.8, 4) is 0 Å². The standard InChI is InChI=1S/C17H31N3O6.C17H31N3O4/c1-17(2,3)8-13-9-19(11-15(23)24)5-4-18(10-14(21)22)6-7-20(13)12-16(25)26;1-14(21)11-18-5-7-19(12-15(22)17(2,3)4)8-10-20(9-6-18)13-16(23)24/h13H,4-12H2,1-3H3,(H,21,22)(H,23,24)(H,25,26);5-13H2,1-4H3,(H,23,24). The highest BCUT2D eigenvalue weighted by molar-refractivity contribution is 5.85. The van der Waals surface area contributed by atoms with Gasteiger partial charge in [-0.15, -0.1) is 0 Å². The van der Waals surface area contributed by atoms with Crippen LogP contribution in [-0.4, -0.2) is 203 Å². The summed E-state index contributed by atoms with van der Waals surface area (Å²) in [7, 11) is 0. The van der Waals surface area contributed by atoms with E-state index in [1.165, 1.54) is 0 Å². The molecule has 0 bridgehead atoms. The summed E-state index contributed by atoms with van der Waals surface area (Å²) < 4.78 is 0. The van der Waals surface area contributed by atoms with Crippen LogP contribution in [0.25, 0.3) is 0 Å². The first kappa shape index (κ1) is 45.0. The largest absolute Gasteiger partial charge is 0.480 e. The third kappa shape index (κ3) is 20.6. The molecular weight excluding hydrogens is 652 g/mol. The summed E-state index contributed by atoms with van der Waals surface area (Å²) in [4.78, 5) is 79.7. The van der Waals surface area contributed by atoms with Gasteiger partial charge in [0.05, 0.1) is 39.3 Å². The Hall–Kier alpha value is -3.02. The van der Waals surface area contributed by atoms with E-state index < -0.39 is 29.3 Å². The molecule has 0 aromatic heterocycles. The first-order valence-corrected chi connectivity index (χ1v) is 17.3. The Morgan fingerprint density at radius 3 is 1.20 bits per heavy atom. The van der Waals surface area contributed by atoms with Crippen LogP contribution in [0.3, 0.4) is 0 Å². The predicted octanol–water partition coefficient (Wildman–Crippen LogP) is 0.159. The molecule has 288 valence electrons. The second-order valence-electron chi connectivity index (χ2n) is 15.7. The van der Waals surface area contributed by atoms with Crippen LogP contribution in [0, 0.1) is 10.8 Å². The van der Waals surface area contributed by atoms with Crippen LogP contribution in [0.5, 0.6) is 0 Å². The minimum Gasteiger partial charge on any atom is -0.480 e. The fraction of sp³-hybridized carbons (Fsp3) is 0.824. The van der Waals surface area contributed by atoms with Crippen molar-refractivity contribution in [2.75, 3.05) is 111 Å². The number of hydrogen-bond donors (Lipinski definition) is 4. The number of carbonyl (C=O) groups excluding carboxylic acids is 2. The summed E-state index contributed by atoms with van der Waals surface area (Å²) in [5.41, 5.74) is -0.441. The van der Waals surface area contributed by atoms with Gasteiger partial charge in [-0.3, -0.25) is 58.2 Å². The molecule has 2 heterocycles. The second kappa shape index (κ2) is 21.4. The van der Waals surface area contributed by atoms with Gasteiger partial charge in [0.1, 0.15) is 5.78 Å². The van der Waals surface area contributed by atoms with Crippen molar-refractivity contribution >= 4 is 35.4 Å². The van der Waals surface area contributed by atoms with Crippen LogP contribution < -0.4 is 0 Å². The molecular formula is C34H62N6O10. The number of aliphatic carboxylic acids is 4. The minimum absolute atomic E-state index is 0.0189. The predicted molar refractivity (Wildman–Crippen MR) is 187 cm³/mol. The molecule has 0 amide bonds. The Morgan fingerprint density at radius 2 is 0.840 bits per heavy atom. The van der Waals surface area contributed by atoms with Gasteiger partial charge < -0.3 is 20.4 Å². The second-order valence-corrected chi connectivity index (χ2v) is 15.7. The van der Waals surface area contributed by atoms with Crippen LogP contribution in [0.1, 0.15) is 54.9 Å². The summed E-state index contributed by atoms with van der Waals surface area (Å²) in [5, 5.41) is 36.6. The highest BCUT2D eigenvalue weighted by Crippen LogP contribution is 2.25. The zero-order valence-electron chi connectivity index (χ0n) is 31.2. The van der Waals surface area contributed by atoms with E-state index in [4.69, 9.17) is 10.2 Å². The van der Waals surface area contributed by atoms with Crippen LogP contribution >= 0.6 is 0 Å². The third-order valence-corrected chi connectivity index (χ3v) is 8.53. The number of ketones is 2. The van der Waals surface area contributed by atoms with E-state index in [0.29, 0.717) is 85.1 Å². The van der Waals surface area contributed by atoms with Crippen molar-refractivity contribution in [1.29, 1.82) is 0 Å². The molecule has 1 unspecified atom stereocenters. The summed E-state index contributed by atoms with van der Waals surface area (Å²) in [5.74, 6) is -3.44. The van der Waals surface area contributed by atoms with E-state index in [-0.39, 0.29) is 49.2 Å². The Bertz CT molecular complexity index is 1110. The maximum atomic E-state index is 12.3. The lowest BCUT2D eigenvalue weighted by molar-refractivity contribution is -0.141. The molecule has 0 radical (unpaired) electrons. The van der Waals surface area contributed by atoms with Gasteiger partial charge in [-0.05, 0) is 18.8 Å². The Kier molecular flexibility index (Phi) is 19.2. The Balaban J connectivity index is 0.000000502. The molecule has 2 aliphatic heterocycles. The number of nitrogens with zero attached hydrogens (tertiary/aromatic N) is 6. The molecule has 0 spiro atoms. The van der Waals surface area contributed by atoms with Gasteiger partial charge >= 0.3 is 23.9 Å². The van der Waals surface area contributed by atoms with Gasteiger partial charge in [-0.1, -0.05) is 41.5 Å². The molecule has 2 saturated heterocycles. The molecule has 2 rings (SSSR count). The number of hydrogen-bond acceptors (Lipinski definition) is 12. The highest BCUT2D eigenvalue weighted by atomic mass is 16.4. The smallest absolute Gasteiger partial charge is 0.317 e. The Morgan fingerprint density at radius 1 is 0.500 bits per heavy atom. The van der Waals surface area contributed by atoms with E-state index >= 15 is 0 Å². The van der Waals surface area contributed by atoms with E-state index in [0.717, 1.165) is 6.42 Å². The average Bonchev–Trinajstić information content (AvgIpc) is 3.06. The third-order valence-electron chi connectivity index (χ3n) is 8.53. The fourth-order valence-electron chi connectivity index (χ4n) is 5.92. The molecule has 0 aliphatic carbocycles. The van der Waals surface area contributed by atoms with E-state index in [2.05, 4.69) is 25.7 Å². The zero-order valence-corrected chi connectivity index (χ0v) is 31.2. The van der Waals surface area contributed by atoms with Gasteiger partial charge in [0, 0.05) is 83.4 Å². The lowest BCUT2D eigenvalue weighted by Gasteiger charge is -2.37. The number of carbonyl (C=O) groups is 6. The zero-order chi connectivity index (χ0) is 38.2. The van der Waals surface area contributed by atoms with Crippen molar-refractivity contribution < 1.29 is 49.2 Å². The average molecular weight is 715 g/mol. The quantitative estimate of drug-likeness (QED) is 0.201. The van der Waals surface area contributed by atoms with Gasteiger partial charge in [0.25, 0.3) is 0 Å². The van der Waals surface area contributed by atoms with Crippen molar-refractivity contribution in [3.05, 3.63) is 0 Å². The molecule has 16 nitrogen and oxygen atoms in total. The van der Waals surface area contributed by atoms with Crippen LogP contribution in [0.2, 0.25) is 0 Å². The van der Waals surface area contributed by atoms with Gasteiger partial charge in [0.15, 0.2) is 5.78 Å². The molecule has 0 aromatic carbocycles. The maximum Gasteiger partial charge on any atom is 0.317 e. The molecule has 16 heteroatoms. The number of Topliss-reactive ketones (excluding diaryl/α,β-unsaturated/α-hetero) is 2. The molecule has 50 heavy (non-hydrogen) atoms. The maximum absolute atomic E-state index is 12.3. The number of carboxylic acids is 4. The van der Waals surface area contributed by atoms with E-state index in [1.807, 2.05) is 35.5 Å². The normalized spacial score (nSPS) is 20.5. The van der Waals surface area contributed by atoms with Crippen molar-refractivity contribution in [2.24, 2.45) is 10.8 Å². The molecule has 1 atom stereocenters. The molecule has 4 N–H and O–H groups in total. The van der Waals surface area contributed by atoms with Crippen molar-refractivity contribution in [1.82, 2.24) is 29.4 Å². The topological polar surface area (TPSA) is 203 Å². The van der Waals surface area contributed by atoms with Crippen LogP contribution in [0.15, 0.2) is 0 Å². The lowest BCUT2D eigenvalue weighted by atomic mass is 9.87.